The second kappa shape index (κ2) is 5.40. The van der Waals surface area contributed by atoms with E-state index in [1.807, 2.05) is 24.8 Å². The Labute approximate surface area is 107 Å². The van der Waals surface area contributed by atoms with Crippen LogP contribution in [0.1, 0.15) is 19.4 Å². The van der Waals surface area contributed by atoms with Gasteiger partial charge in [-0.25, -0.2) is 0 Å². The minimum Gasteiger partial charge on any atom is -0.508 e. The second-order valence-corrected chi connectivity index (χ2v) is 4.90. The highest BCUT2D eigenvalue weighted by molar-refractivity contribution is 5.79. The van der Waals surface area contributed by atoms with Gasteiger partial charge in [-0.15, -0.1) is 0 Å². The van der Waals surface area contributed by atoms with Gasteiger partial charge in [0.05, 0.1) is 18.6 Å². The fourth-order valence-corrected chi connectivity index (χ4v) is 2.33. The van der Waals surface area contributed by atoms with Gasteiger partial charge in [-0.1, -0.05) is 12.1 Å². The molecule has 1 amide bonds. The zero-order valence-electron chi connectivity index (χ0n) is 10.8. The minimum atomic E-state index is 0.0851. The van der Waals surface area contributed by atoms with E-state index in [9.17, 15) is 9.90 Å². The highest BCUT2D eigenvalue weighted by Crippen LogP contribution is 2.15. The van der Waals surface area contributed by atoms with E-state index in [-0.39, 0.29) is 23.9 Å². The van der Waals surface area contributed by atoms with Gasteiger partial charge in [0.1, 0.15) is 5.75 Å². The van der Waals surface area contributed by atoms with Crippen LogP contribution in [0, 0.1) is 0 Å². The van der Waals surface area contributed by atoms with Gasteiger partial charge >= 0.3 is 0 Å². The van der Waals surface area contributed by atoms with E-state index in [1.54, 1.807) is 18.2 Å². The molecule has 0 spiro atoms. The summed E-state index contributed by atoms with van der Waals surface area (Å²) in [6.45, 7) is 5.23. The Balaban J connectivity index is 1.99. The van der Waals surface area contributed by atoms with E-state index >= 15 is 0 Å². The molecule has 2 atom stereocenters. The van der Waals surface area contributed by atoms with Gasteiger partial charge in [-0.2, -0.15) is 0 Å². The van der Waals surface area contributed by atoms with Crippen molar-refractivity contribution in [2.75, 3.05) is 13.1 Å². The van der Waals surface area contributed by atoms with Crippen LogP contribution in [0.2, 0.25) is 0 Å². The Bertz CT molecular complexity index is 423. The average molecular weight is 249 g/mol. The molecule has 18 heavy (non-hydrogen) atoms. The molecule has 1 aliphatic heterocycles. The van der Waals surface area contributed by atoms with Crippen LogP contribution in [-0.2, 0) is 16.0 Å². The molecular formula is C14H19NO3. The zero-order chi connectivity index (χ0) is 13.1. The molecule has 1 N–H and O–H groups in total. The number of nitrogens with zero attached hydrogens (tertiary/aromatic N) is 1. The van der Waals surface area contributed by atoms with Crippen molar-refractivity contribution in [3.8, 4) is 5.75 Å². The quantitative estimate of drug-likeness (QED) is 0.865. The normalized spacial score (nSPS) is 24.0. The molecule has 0 aromatic heterocycles. The first kappa shape index (κ1) is 12.9. The molecule has 0 saturated carbocycles. The maximum Gasteiger partial charge on any atom is 0.227 e. The van der Waals surface area contributed by atoms with Crippen molar-refractivity contribution >= 4 is 5.91 Å². The van der Waals surface area contributed by atoms with Crippen LogP contribution in [0.3, 0.4) is 0 Å². The number of phenolic OH excluding ortho intramolecular Hbond substituents is 1. The summed E-state index contributed by atoms with van der Waals surface area (Å²) < 4.78 is 5.60. The molecule has 4 nitrogen and oxygen atoms in total. The fourth-order valence-electron chi connectivity index (χ4n) is 2.33. The van der Waals surface area contributed by atoms with Gasteiger partial charge in [0, 0.05) is 13.1 Å². The zero-order valence-corrected chi connectivity index (χ0v) is 10.8. The number of ether oxygens (including phenoxy) is 1. The van der Waals surface area contributed by atoms with Crippen LogP contribution in [0.4, 0.5) is 0 Å². The maximum atomic E-state index is 12.2. The standard InChI is InChI=1S/C14H19NO3/c1-10-8-15(9-11(2)18-10)14(17)7-12-4-3-5-13(16)6-12/h3-6,10-11,16H,7-9H2,1-2H3. The van der Waals surface area contributed by atoms with E-state index in [0.29, 0.717) is 19.5 Å². The summed E-state index contributed by atoms with van der Waals surface area (Å²) in [7, 11) is 0. The van der Waals surface area contributed by atoms with Crippen molar-refractivity contribution in [3.05, 3.63) is 29.8 Å². The molecular weight excluding hydrogens is 230 g/mol. The monoisotopic (exact) mass is 249 g/mol. The summed E-state index contributed by atoms with van der Waals surface area (Å²) >= 11 is 0. The number of hydrogen-bond acceptors (Lipinski definition) is 3. The Morgan fingerprint density at radius 2 is 2.06 bits per heavy atom. The number of phenols is 1. The molecule has 0 bridgehead atoms. The van der Waals surface area contributed by atoms with Crippen molar-refractivity contribution < 1.29 is 14.6 Å². The van der Waals surface area contributed by atoms with E-state index in [0.717, 1.165) is 5.56 Å². The van der Waals surface area contributed by atoms with E-state index < -0.39 is 0 Å². The lowest BCUT2D eigenvalue weighted by atomic mass is 10.1. The van der Waals surface area contributed by atoms with Crippen LogP contribution in [0.5, 0.6) is 5.75 Å². The second-order valence-electron chi connectivity index (χ2n) is 4.90. The number of carbonyl (C=O) groups excluding carboxylic acids is 1. The summed E-state index contributed by atoms with van der Waals surface area (Å²) in [6, 6.07) is 6.84. The van der Waals surface area contributed by atoms with Crippen LogP contribution in [0.15, 0.2) is 24.3 Å². The lowest BCUT2D eigenvalue weighted by Crippen LogP contribution is -2.48. The predicted molar refractivity (Wildman–Crippen MR) is 68.4 cm³/mol. The first-order chi connectivity index (χ1) is 8.54. The van der Waals surface area contributed by atoms with Gasteiger partial charge in [-0.3, -0.25) is 4.79 Å². The minimum absolute atomic E-state index is 0.0851. The van der Waals surface area contributed by atoms with Crippen molar-refractivity contribution in [1.82, 2.24) is 4.90 Å². The maximum absolute atomic E-state index is 12.2. The first-order valence-corrected chi connectivity index (χ1v) is 6.25. The fraction of sp³-hybridized carbons (Fsp3) is 0.500. The molecule has 2 rings (SSSR count). The third-order valence-electron chi connectivity index (χ3n) is 3.04. The van der Waals surface area contributed by atoms with Crippen LogP contribution >= 0.6 is 0 Å². The van der Waals surface area contributed by atoms with Gasteiger partial charge < -0.3 is 14.7 Å². The van der Waals surface area contributed by atoms with Crippen molar-refractivity contribution in [2.24, 2.45) is 0 Å². The topological polar surface area (TPSA) is 49.8 Å². The smallest absolute Gasteiger partial charge is 0.227 e. The molecule has 1 aromatic carbocycles. The number of benzene rings is 1. The number of rotatable bonds is 2. The number of carbonyl (C=O) groups is 1. The van der Waals surface area contributed by atoms with Gasteiger partial charge in [0.2, 0.25) is 5.91 Å². The Morgan fingerprint density at radius 3 is 2.67 bits per heavy atom. The molecule has 1 heterocycles. The number of amides is 1. The molecule has 1 aliphatic rings. The third kappa shape index (κ3) is 3.23. The van der Waals surface area contributed by atoms with Crippen LogP contribution in [0.25, 0.3) is 0 Å². The van der Waals surface area contributed by atoms with Crippen LogP contribution in [-0.4, -0.2) is 41.2 Å². The average Bonchev–Trinajstić information content (AvgIpc) is 2.27. The van der Waals surface area contributed by atoms with Crippen LogP contribution < -0.4 is 0 Å². The van der Waals surface area contributed by atoms with Crippen molar-refractivity contribution in [1.29, 1.82) is 0 Å². The lowest BCUT2D eigenvalue weighted by molar-refractivity contribution is -0.142. The highest BCUT2D eigenvalue weighted by atomic mass is 16.5. The molecule has 0 aliphatic carbocycles. The Morgan fingerprint density at radius 1 is 1.39 bits per heavy atom. The molecule has 1 saturated heterocycles. The Kier molecular flexibility index (Phi) is 3.87. The third-order valence-corrected chi connectivity index (χ3v) is 3.04. The summed E-state index contributed by atoms with van der Waals surface area (Å²) in [5.74, 6) is 0.284. The summed E-state index contributed by atoms with van der Waals surface area (Å²) in [5.41, 5.74) is 0.840. The predicted octanol–water partition coefficient (Wildman–Crippen LogP) is 1.57. The molecule has 4 heteroatoms. The SMILES string of the molecule is CC1CN(C(=O)Cc2cccc(O)c2)CC(C)O1. The lowest BCUT2D eigenvalue weighted by Gasteiger charge is -2.35. The Hall–Kier alpha value is -1.55. The first-order valence-electron chi connectivity index (χ1n) is 6.25. The summed E-state index contributed by atoms with van der Waals surface area (Å²) in [6.07, 6.45) is 0.497. The van der Waals surface area contributed by atoms with E-state index in [2.05, 4.69) is 0 Å². The summed E-state index contributed by atoms with van der Waals surface area (Å²) in [5, 5.41) is 9.38. The van der Waals surface area contributed by atoms with Gasteiger partial charge in [-0.05, 0) is 31.5 Å². The number of hydrogen-bond donors (Lipinski definition) is 1. The molecule has 1 aromatic rings. The van der Waals surface area contributed by atoms with Crippen molar-refractivity contribution in [2.45, 2.75) is 32.5 Å². The molecule has 98 valence electrons. The molecule has 2 unspecified atom stereocenters. The van der Waals surface area contributed by atoms with E-state index in [1.165, 1.54) is 0 Å². The van der Waals surface area contributed by atoms with Gasteiger partial charge in [0.25, 0.3) is 0 Å². The molecule has 0 radical (unpaired) electrons. The molecule has 1 fully saturated rings. The summed E-state index contributed by atoms with van der Waals surface area (Å²) in [4.78, 5) is 14.0. The van der Waals surface area contributed by atoms with E-state index in [4.69, 9.17) is 4.74 Å². The largest absolute Gasteiger partial charge is 0.508 e. The highest BCUT2D eigenvalue weighted by Gasteiger charge is 2.25. The number of aromatic hydroxyl groups is 1. The van der Waals surface area contributed by atoms with Crippen molar-refractivity contribution in [3.63, 3.8) is 0 Å². The number of morpholine rings is 1. The van der Waals surface area contributed by atoms with Gasteiger partial charge in [0.15, 0.2) is 0 Å².